The van der Waals surface area contributed by atoms with Crippen LogP contribution in [0.1, 0.15) is 47.0 Å². The van der Waals surface area contributed by atoms with Crippen LogP contribution < -0.4 is 0 Å². The minimum Gasteiger partial charge on any atom is -0.0844 e. The van der Waals surface area contributed by atoms with Crippen LogP contribution >= 0.6 is 0 Å². The molecule has 0 aliphatic heterocycles. The van der Waals surface area contributed by atoms with Gasteiger partial charge in [-0.15, -0.1) is 0 Å². The Balaban J connectivity index is 0. The summed E-state index contributed by atoms with van der Waals surface area (Å²) in [6.45, 7) is 8.36. The summed E-state index contributed by atoms with van der Waals surface area (Å²) >= 11 is 0. The molecular formula is C9H20. The van der Waals surface area contributed by atoms with Crippen molar-refractivity contribution in [3.8, 4) is 0 Å². The molecule has 0 saturated heterocycles. The maximum Gasteiger partial charge on any atom is -0.0169 e. The van der Waals surface area contributed by atoms with Gasteiger partial charge in [-0.2, -0.15) is 0 Å². The predicted molar refractivity (Wildman–Crippen MR) is 45.7 cm³/mol. The van der Waals surface area contributed by atoms with E-state index < -0.39 is 0 Å². The molecule has 0 bridgehead atoms. The van der Waals surface area contributed by atoms with Gasteiger partial charge in [0.05, 0.1) is 0 Å². The predicted octanol–water partition coefficient (Wildman–Crippen LogP) is 3.78. The van der Waals surface area contributed by atoms with Gasteiger partial charge in [0.2, 0.25) is 0 Å². The number of unbranched alkanes of at least 4 members (excludes halogenated alkanes) is 1. The van der Waals surface area contributed by atoms with Crippen molar-refractivity contribution in [1.82, 2.24) is 0 Å². The van der Waals surface area contributed by atoms with E-state index in [-0.39, 0.29) is 0 Å². The minimum absolute atomic E-state index is 1.25. The van der Waals surface area contributed by atoms with Crippen LogP contribution in [0.4, 0.5) is 0 Å². The second-order valence-corrected chi connectivity index (χ2v) is 1.71. The highest BCUT2D eigenvalue weighted by molar-refractivity contribution is 5.02. The van der Waals surface area contributed by atoms with Crippen molar-refractivity contribution in [2.45, 2.75) is 47.0 Å². The number of hydrogen-bond donors (Lipinski definition) is 0. The Hall–Kier alpha value is -0.260. The fourth-order valence-corrected chi connectivity index (χ4v) is 0. The Kier molecular flexibility index (Phi) is 20.0. The lowest BCUT2D eigenvalue weighted by Gasteiger charge is -1.68. The first-order valence-corrected chi connectivity index (χ1v) is 4.06. The average Bonchev–Trinajstić information content (AvgIpc) is 2.77. The van der Waals surface area contributed by atoms with E-state index in [4.69, 9.17) is 0 Å². The van der Waals surface area contributed by atoms with Gasteiger partial charge in [0, 0.05) is 0 Å². The maximum atomic E-state index is 2.18. The molecule has 0 atom stereocenters. The maximum absolute atomic E-state index is 2.18. The van der Waals surface area contributed by atoms with Crippen molar-refractivity contribution in [2.75, 3.05) is 0 Å². The summed E-state index contributed by atoms with van der Waals surface area (Å²) in [7, 11) is 0. The van der Waals surface area contributed by atoms with Crippen LogP contribution in [0.25, 0.3) is 0 Å². The van der Waals surface area contributed by atoms with Crippen LogP contribution in [0.5, 0.6) is 0 Å². The third-order valence-electron chi connectivity index (χ3n) is 0.736. The third kappa shape index (κ3) is 84.2. The second kappa shape index (κ2) is 15.6. The molecule has 0 N–H and O–H groups in total. The number of rotatable bonds is 1. The van der Waals surface area contributed by atoms with E-state index in [2.05, 4.69) is 26.0 Å². The Morgan fingerprint density at radius 2 is 1.22 bits per heavy atom. The molecule has 0 amide bonds. The second-order valence-electron chi connectivity index (χ2n) is 1.71. The van der Waals surface area contributed by atoms with Crippen LogP contribution in [0, 0.1) is 0 Å². The summed E-state index contributed by atoms with van der Waals surface area (Å²) in [5.74, 6) is 0. The topological polar surface area (TPSA) is 0 Å². The summed E-state index contributed by atoms with van der Waals surface area (Å²) in [5, 5.41) is 0. The lowest BCUT2D eigenvalue weighted by atomic mass is 10.4. The van der Waals surface area contributed by atoms with Crippen LogP contribution in [0.2, 0.25) is 0 Å². The molecule has 56 valence electrons. The number of hydrogen-bond acceptors (Lipinski definition) is 0. The molecule has 1 aliphatic carbocycles. The molecule has 0 fully saturated rings. The Morgan fingerprint density at radius 1 is 1.00 bits per heavy atom. The molecule has 0 saturated carbocycles. The Labute approximate surface area is 60.0 Å². The zero-order valence-corrected chi connectivity index (χ0v) is 7.28. The number of allylic oxidation sites excluding steroid dienone is 2. The van der Waals surface area contributed by atoms with Crippen molar-refractivity contribution in [3.05, 3.63) is 12.2 Å². The van der Waals surface area contributed by atoms with Crippen LogP contribution in [0.3, 0.4) is 0 Å². The molecule has 1 aliphatic rings. The highest BCUT2D eigenvalue weighted by atomic mass is 13.8. The summed E-state index contributed by atoms with van der Waals surface area (Å²) in [6.07, 6.45) is 8.14. The van der Waals surface area contributed by atoms with Crippen LogP contribution in [-0.2, 0) is 0 Å². The van der Waals surface area contributed by atoms with Gasteiger partial charge in [0.25, 0.3) is 0 Å². The van der Waals surface area contributed by atoms with Crippen molar-refractivity contribution in [1.29, 1.82) is 0 Å². The molecule has 0 aromatic carbocycles. The normalized spacial score (nSPS) is 10.2. The van der Waals surface area contributed by atoms with Gasteiger partial charge < -0.3 is 0 Å². The monoisotopic (exact) mass is 128 g/mol. The van der Waals surface area contributed by atoms with E-state index in [1.54, 1.807) is 0 Å². The lowest BCUT2D eigenvalue weighted by Crippen LogP contribution is -1.47. The molecule has 0 nitrogen and oxygen atoms in total. The zero-order chi connectivity index (χ0) is 7.54. The largest absolute Gasteiger partial charge is 0.0844 e. The molecular weight excluding hydrogens is 108 g/mol. The highest BCUT2D eigenvalue weighted by Gasteiger charge is 1.75. The van der Waals surface area contributed by atoms with Crippen molar-refractivity contribution in [3.63, 3.8) is 0 Å². The third-order valence-corrected chi connectivity index (χ3v) is 0.736. The summed E-state index contributed by atoms with van der Waals surface area (Å²) < 4.78 is 0. The van der Waals surface area contributed by atoms with Crippen molar-refractivity contribution in [2.24, 2.45) is 0 Å². The van der Waals surface area contributed by atoms with Crippen LogP contribution in [-0.4, -0.2) is 0 Å². The van der Waals surface area contributed by atoms with E-state index in [1.165, 1.54) is 19.3 Å². The SMILES string of the molecule is C1=CC1.CC.CCCC. The van der Waals surface area contributed by atoms with Gasteiger partial charge in [0.1, 0.15) is 0 Å². The Bertz CT molecular complexity index is 38.0. The van der Waals surface area contributed by atoms with Crippen molar-refractivity contribution < 1.29 is 0 Å². The van der Waals surface area contributed by atoms with E-state index in [9.17, 15) is 0 Å². The highest BCUT2D eigenvalue weighted by Crippen LogP contribution is 1.96. The Morgan fingerprint density at radius 3 is 1.22 bits per heavy atom. The molecule has 0 unspecified atom stereocenters. The van der Waals surface area contributed by atoms with Gasteiger partial charge in [-0.05, 0) is 6.42 Å². The average molecular weight is 128 g/mol. The van der Waals surface area contributed by atoms with Crippen molar-refractivity contribution >= 4 is 0 Å². The molecule has 0 heteroatoms. The first-order valence-electron chi connectivity index (χ1n) is 4.06. The van der Waals surface area contributed by atoms with E-state index in [1.807, 2.05) is 13.8 Å². The molecule has 0 radical (unpaired) electrons. The van der Waals surface area contributed by atoms with Gasteiger partial charge in [-0.3, -0.25) is 0 Å². The van der Waals surface area contributed by atoms with Gasteiger partial charge in [-0.25, -0.2) is 0 Å². The molecule has 1 rings (SSSR count). The molecule has 9 heavy (non-hydrogen) atoms. The van der Waals surface area contributed by atoms with Gasteiger partial charge >= 0.3 is 0 Å². The lowest BCUT2D eigenvalue weighted by molar-refractivity contribution is 0.886. The van der Waals surface area contributed by atoms with E-state index in [0.717, 1.165) is 0 Å². The fourth-order valence-electron chi connectivity index (χ4n) is 0. The zero-order valence-electron chi connectivity index (χ0n) is 7.28. The van der Waals surface area contributed by atoms with Crippen LogP contribution in [0.15, 0.2) is 12.2 Å². The molecule has 0 heterocycles. The first-order chi connectivity index (χ1) is 4.41. The summed E-state index contributed by atoms with van der Waals surface area (Å²) in [6, 6.07) is 0. The molecule has 0 aromatic heterocycles. The van der Waals surface area contributed by atoms with Gasteiger partial charge in [-0.1, -0.05) is 52.7 Å². The smallest absolute Gasteiger partial charge is 0.0169 e. The minimum atomic E-state index is 1.25. The molecule has 0 aromatic rings. The standard InChI is InChI=1S/C4H10.C3H4.C2H6/c1-3-4-2;1-2-3-1;1-2/h3-4H2,1-2H3;1-2H,3H2;1-2H3. The van der Waals surface area contributed by atoms with E-state index in [0.29, 0.717) is 0 Å². The summed E-state index contributed by atoms with van der Waals surface area (Å²) in [4.78, 5) is 0. The van der Waals surface area contributed by atoms with E-state index >= 15 is 0 Å². The van der Waals surface area contributed by atoms with Gasteiger partial charge in [0.15, 0.2) is 0 Å². The quantitative estimate of drug-likeness (QED) is 0.471. The molecule has 0 spiro atoms. The summed E-state index contributed by atoms with van der Waals surface area (Å²) in [5.41, 5.74) is 0. The fraction of sp³-hybridized carbons (Fsp3) is 0.778. The first kappa shape index (κ1) is 11.5.